The molecular weight excluding hydrogens is 493 g/mol. The van der Waals surface area contributed by atoms with Crippen molar-refractivity contribution in [3.8, 4) is 28.0 Å². The van der Waals surface area contributed by atoms with Gasteiger partial charge in [0.05, 0.1) is 17.2 Å². The molecule has 0 bridgehead atoms. The highest BCUT2D eigenvalue weighted by atomic mass is 19.1. The number of hydrogen-bond donors (Lipinski definition) is 3. The van der Waals surface area contributed by atoms with E-state index in [9.17, 15) is 14.3 Å². The number of fused-ring (bicyclic) bond motifs is 2. The lowest BCUT2D eigenvalue weighted by molar-refractivity contribution is 0.0723. The number of carbonyl (C=O) groups is 1. The van der Waals surface area contributed by atoms with Gasteiger partial charge >= 0.3 is 0 Å². The summed E-state index contributed by atoms with van der Waals surface area (Å²) in [7, 11) is 0. The summed E-state index contributed by atoms with van der Waals surface area (Å²) in [5, 5.41) is 17.6. The summed E-state index contributed by atoms with van der Waals surface area (Å²) < 4.78 is 14.4. The Morgan fingerprint density at radius 2 is 1.67 bits per heavy atom. The second kappa shape index (κ2) is 8.95. The lowest BCUT2D eigenvalue weighted by Crippen LogP contribution is -2.31. The third kappa shape index (κ3) is 3.93. The van der Waals surface area contributed by atoms with Gasteiger partial charge < -0.3 is 15.0 Å². The molecule has 7 nitrogen and oxygen atoms in total. The predicted octanol–water partition coefficient (Wildman–Crippen LogP) is 6.21. The standard InChI is InChI=1S/C31H22FN5O2/c32-23-11-12-28(38)25(14-23)29(30-35-26-3-1-2-4-27(26)36-30)37-17-21-10-9-20(13-24(21)31(37)39)18-5-7-19(8-6-18)22-15-33-34-16-22/h1-16,29,38H,17H2,(H,33,34)(H,35,36). The number of aromatic amines is 2. The van der Waals surface area contributed by atoms with Crippen molar-refractivity contribution in [2.75, 3.05) is 0 Å². The molecule has 190 valence electrons. The summed E-state index contributed by atoms with van der Waals surface area (Å²) in [5.74, 6) is -0.373. The van der Waals surface area contributed by atoms with Crippen LogP contribution in [0.15, 0.2) is 97.3 Å². The number of para-hydroxylation sites is 2. The lowest BCUT2D eigenvalue weighted by atomic mass is 9.98. The smallest absolute Gasteiger partial charge is 0.255 e. The average molecular weight is 516 g/mol. The van der Waals surface area contributed by atoms with E-state index in [1.165, 1.54) is 18.2 Å². The van der Waals surface area contributed by atoms with Crippen LogP contribution >= 0.6 is 0 Å². The van der Waals surface area contributed by atoms with Crippen molar-refractivity contribution in [1.29, 1.82) is 0 Å². The van der Waals surface area contributed by atoms with E-state index in [2.05, 4.69) is 15.2 Å². The number of benzene rings is 4. The lowest BCUT2D eigenvalue weighted by Gasteiger charge is -2.27. The van der Waals surface area contributed by atoms with E-state index in [-0.39, 0.29) is 17.2 Å². The summed E-state index contributed by atoms with van der Waals surface area (Å²) in [6, 6.07) is 24.4. The summed E-state index contributed by atoms with van der Waals surface area (Å²) in [4.78, 5) is 23.5. The molecule has 8 heteroatoms. The molecule has 4 aromatic carbocycles. The van der Waals surface area contributed by atoms with Gasteiger partial charge in [-0.2, -0.15) is 5.10 Å². The number of H-pyrrole nitrogens is 2. The van der Waals surface area contributed by atoms with Crippen LogP contribution < -0.4 is 0 Å². The van der Waals surface area contributed by atoms with Gasteiger partial charge in [0, 0.05) is 29.4 Å². The summed E-state index contributed by atoms with van der Waals surface area (Å²) in [6.07, 6.45) is 3.61. The molecule has 7 rings (SSSR count). The Bertz CT molecular complexity index is 1810. The van der Waals surface area contributed by atoms with E-state index in [1.807, 2.05) is 72.9 Å². The fourth-order valence-corrected chi connectivity index (χ4v) is 5.28. The van der Waals surface area contributed by atoms with Gasteiger partial charge in [0.15, 0.2) is 0 Å². The normalized spacial score (nSPS) is 13.7. The maximum atomic E-state index is 14.4. The number of imidazole rings is 1. The van der Waals surface area contributed by atoms with Gasteiger partial charge in [-0.1, -0.05) is 48.5 Å². The first-order chi connectivity index (χ1) is 19.0. The van der Waals surface area contributed by atoms with Gasteiger partial charge in [-0.25, -0.2) is 9.37 Å². The van der Waals surface area contributed by atoms with Crippen LogP contribution in [0.3, 0.4) is 0 Å². The van der Waals surface area contributed by atoms with E-state index in [1.54, 1.807) is 11.1 Å². The van der Waals surface area contributed by atoms with Gasteiger partial charge in [-0.3, -0.25) is 9.89 Å². The summed E-state index contributed by atoms with van der Waals surface area (Å²) in [5.41, 5.74) is 7.14. The molecule has 1 aliphatic rings. The van der Waals surface area contributed by atoms with E-state index in [0.717, 1.165) is 38.9 Å². The number of phenolic OH excluding ortho intramolecular Hbond substituents is 1. The highest BCUT2D eigenvalue weighted by Gasteiger charge is 2.37. The predicted molar refractivity (Wildman–Crippen MR) is 145 cm³/mol. The van der Waals surface area contributed by atoms with Crippen LogP contribution in [-0.2, 0) is 6.54 Å². The Kier molecular flexibility index (Phi) is 5.26. The van der Waals surface area contributed by atoms with E-state index < -0.39 is 11.9 Å². The third-order valence-corrected chi connectivity index (χ3v) is 7.25. The molecule has 1 aliphatic heterocycles. The number of amides is 1. The fourth-order valence-electron chi connectivity index (χ4n) is 5.28. The van der Waals surface area contributed by atoms with Gasteiger partial charge in [0.2, 0.25) is 0 Å². The van der Waals surface area contributed by atoms with Crippen molar-refractivity contribution in [1.82, 2.24) is 25.1 Å². The molecule has 1 atom stereocenters. The Balaban J connectivity index is 1.27. The fraction of sp³-hybridized carbons (Fsp3) is 0.0645. The van der Waals surface area contributed by atoms with Crippen LogP contribution in [0.4, 0.5) is 4.39 Å². The Morgan fingerprint density at radius 3 is 2.44 bits per heavy atom. The number of aromatic nitrogens is 4. The number of carbonyl (C=O) groups excluding carboxylic acids is 1. The molecular formula is C31H22FN5O2. The quantitative estimate of drug-likeness (QED) is 0.254. The van der Waals surface area contributed by atoms with Crippen LogP contribution in [0.5, 0.6) is 5.75 Å². The SMILES string of the molecule is O=C1c2cc(-c3ccc(-c4cn[nH]c4)cc3)ccc2CN1C(c1nc2ccccc2[nH]1)c1cc(F)ccc1O. The Morgan fingerprint density at radius 1 is 0.897 bits per heavy atom. The van der Waals surface area contributed by atoms with E-state index >= 15 is 0 Å². The highest BCUT2D eigenvalue weighted by Crippen LogP contribution is 2.40. The maximum Gasteiger partial charge on any atom is 0.255 e. The number of rotatable bonds is 5. The third-order valence-electron chi connectivity index (χ3n) is 7.25. The van der Waals surface area contributed by atoms with Crippen molar-refractivity contribution >= 4 is 16.9 Å². The zero-order chi connectivity index (χ0) is 26.5. The number of halogens is 1. The Labute approximate surface area is 222 Å². The monoisotopic (exact) mass is 515 g/mol. The summed E-state index contributed by atoms with van der Waals surface area (Å²) >= 11 is 0. The number of hydrogen-bond acceptors (Lipinski definition) is 4. The van der Waals surface area contributed by atoms with E-state index in [0.29, 0.717) is 17.9 Å². The molecule has 1 unspecified atom stereocenters. The molecule has 1 amide bonds. The minimum atomic E-state index is -0.814. The van der Waals surface area contributed by atoms with Gasteiger partial charge in [0.1, 0.15) is 23.4 Å². The number of nitrogens with zero attached hydrogens (tertiary/aromatic N) is 3. The average Bonchev–Trinajstić information content (AvgIpc) is 3.71. The number of nitrogens with one attached hydrogen (secondary N) is 2. The van der Waals surface area contributed by atoms with Crippen LogP contribution in [0.2, 0.25) is 0 Å². The molecule has 0 saturated carbocycles. The number of aromatic hydroxyl groups is 1. The van der Waals surface area contributed by atoms with Crippen LogP contribution in [0.25, 0.3) is 33.3 Å². The first-order valence-electron chi connectivity index (χ1n) is 12.5. The van der Waals surface area contributed by atoms with Crippen LogP contribution in [0.1, 0.15) is 33.4 Å². The molecule has 6 aromatic rings. The van der Waals surface area contributed by atoms with E-state index in [4.69, 9.17) is 4.98 Å². The van der Waals surface area contributed by atoms with Crippen molar-refractivity contribution in [2.24, 2.45) is 0 Å². The molecule has 39 heavy (non-hydrogen) atoms. The maximum absolute atomic E-state index is 14.4. The van der Waals surface area contributed by atoms with Crippen molar-refractivity contribution < 1.29 is 14.3 Å². The minimum Gasteiger partial charge on any atom is -0.508 e. The first kappa shape index (κ1) is 22.9. The zero-order valence-corrected chi connectivity index (χ0v) is 20.6. The number of phenols is 1. The minimum absolute atomic E-state index is 0.107. The Hall–Kier alpha value is -5.24. The largest absolute Gasteiger partial charge is 0.508 e. The van der Waals surface area contributed by atoms with Crippen LogP contribution in [0, 0.1) is 5.82 Å². The van der Waals surface area contributed by atoms with Crippen molar-refractivity contribution in [2.45, 2.75) is 12.6 Å². The molecule has 0 spiro atoms. The molecule has 0 fully saturated rings. The van der Waals surface area contributed by atoms with Gasteiger partial charge in [-0.15, -0.1) is 0 Å². The molecule has 0 aliphatic carbocycles. The molecule has 0 saturated heterocycles. The molecule has 2 aromatic heterocycles. The van der Waals surface area contributed by atoms with Crippen LogP contribution in [-0.4, -0.2) is 36.1 Å². The second-order valence-electron chi connectivity index (χ2n) is 9.61. The highest BCUT2D eigenvalue weighted by molar-refractivity contribution is 6.00. The first-order valence-corrected chi connectivity index (χ1v) is 12.5. The van der Waals surface area contributed by atoms with Gasteiger partial charge in [-0.05, 0) is 58.7 Å². The molecule has 0 radical (unpaired) electrons. The summed E-state index contributed by atoms with van der Waals surface area (Å²) in [6.45, 7) is 0.297. The molecule has 3 heterocycles. The second-order valence-corrected chi connectivity index (χ2v) is 9.61. The van der Waals surface area contributed by atoms with Crippen molar-refractivity contribution in [3.63, 3.8) is 0 Å². The topological polar surface area (TPSA) is 97.9 Å². The zero-order valence-electron chi connectivity index (χ0n) is 20.6. The van der Waals surface area contributed by atoms with Crippen molar-refractivity contribution in [3.05, 3.63) is 126 Å². The molecule has 3 N–H and O–H groups in total. The van der Waals surface area contributed by atoms with Gasteiger partial charge in [0.25, 0.3) is 5.91 Å².